The molecule has 21 heavy (non-hydrogen) atoms. The summed E-state index contributed by atoms with van der Waals surface area (Å²) >= 11 is 0. The normalized spacial score (nSPS) is 19.8. The molecule has 1 aliphatic heterocycles. The van der Waals surface area contributed by atoms with Crippen LogP contribution in [0.15, 0.2) is 30.5 Å². The molecule has 1 aromatic heterocycles. The quantitative estimate of drug-likeness (QED) is 0.889. The SMILES string of the molecule is OC(CCC1CCCO1)c1cn[nH]c1-c1ccc(F)cc1. The number of nitrogens with zero attached hydrogens (tertiary/aromatic N) is 1. The number of aliphatic hydroxyl groups is 1. The number of hydrogen-bond acceptors (Lipinski definition) is 3. The highest BCUT2D eigenvalue weighted by atomic mass is 19.1. The fraction of sp³-hybridized carbons (Fsp3) is 0.438. The van der Waals surface area contributed by atoms with Gasteiger partial charge in [-0.15, -0.1) is 0 Å². The van der Waals surface area contributed by atoms with Crippen molar-refractivity contribution in [3.63, 3.8) is 0 Å². The largest absolute Gasteiger partial charge is 0.388 e. The molecule has 3 rings (SSSR count). The molecule has 5 heteroatoms. The van der Waals surface area contributed by atoms with E-state index >= 15 is 0 Å². The third-order valence-corrected chi connectivity index (χ3v) is 3.95. The van der Waals surface area contributed by atoms with Gasteiger partial charge in [-0.25, -0.2) is 4.39 Å². The highest BCUT2D eigenvalue weighted by Gasteiger charge is 2.20. The van der Waals surface area contributed by atoms with Crippen LogP contribution >= 0.6 is 0 Å². The molecular weight excluding hydrogens is 271 g/mol. The lowest BCUT2D eigenvalue weighted by atomic mass is 9.99. The smallest absolute Gasteiger partial charge is 0.123 e. The molecule has 2 atom stereocenters. The van der Waals surface area contributed by atoms with Gasteiger partial charge in [-0.3, -0.25) is 5.10 Å². The number of benzene rings is 1. The number of aromatic amines is 1. The standard InChI is InChI=1S/C16H19FN2O2/c17-12-5-3-11(4-6-12)16-14(10-18-19-16)15(20)8-7-13-2-1-9-21-13/h3-6,10,13,15,20H,1-2,7-9H2,(H,18,19). The number of halogens is 1. The second kappa shape index (κ2) is 6.37. The molecule has 1 aliphatic rings. The number of aliphatic hydroxyl groups excluding tert-OH is 1. The monoisotopic (exact) mass is 290 g/mol. The Morgan fingerprint density at radius 3 is 2.90 bits per heavy atom. The Kier molecular flexibility index (Phi) is 4.31. The van der Waals surface area contributed by atoms with Gasteiger partial charge in [0.25, 0.3) is 0 Å². The summed E-state index contributed by atoms with van der Waals surface area (Å²) in [5.74, 6) is -0.279. The summed E-state index contributed by atoms with van der Waals surface area (Å²) < 4.78 is 18.6. The zero-order valence-corrected chi connectivity index (χ0v) is 11.8. The van der Waals surface area contributed by atoms with Gasteiger partial charge in [0.05, 0.1) is 24.1 Å². The molecule has 4 nitrogen and oxygen atoms in total. The maximum absolute atomic E-state index is 13.0. The van der Waals surface area contributed by atoms with Crippen LogP contribution in [0.2, 0.25) is 0 Å². The molecule has 0 amide bonds. The predicted molar refractivity (Wildman–Crippen MR) is 77.1 cm³/mol. The van der Waals surface area contributed by atoms with Crippen LogP contribution in [0.3, 0.4) is 0 Å². The topological polar surface area (TPSA) is 58.1 Å². The Hall–Kier alpha value is -1.72. The van der Waals surface area contributed by atoms with Crippen molar-refractivity contribution in [3.05, 3.63) is 41.8 Å². The van der Waals surface area contributed by atoms with E-state index in [-0.39, 0.29) is 11.9 Å². The number of ether oxygens (including phenoxy) is 1. The van der Waals surface area contributed by atoms with E-state index in [2.05, 4.69) is 10.2 Å². The highest BCUT2D eigenvalue weighted by Crippen LogP contribution is 2.30. The van der Waals surface area contributed by atoms with Crippen LogP contribution in [-0.2, 0) is 4.74 Å². The molecule has 2 N–H and O–H groups in total. The molecule has 2 unspecified atom stereocenters. The third-order valence-electron chi connectivity index (χ3n) is 3.95. The van der Waals surface area contributed by atoms with Crippen molar-refractivity contribution in [1.82, 2.24) is 10.2 Å². The molecule has 0 bridgehead atoms. The predicted octanol–water partition coefficient (Wildman–Crippen LogP) is 3.21. The molecule has 0 saturated carbocycles. The summed E-state index contributed by atoms with van der Waals surface area (Å²) in [6, 6.07) is 6.16. The van der Waals surface area contributed by atoms with Gasteiger partial charge in [0.15, 0.2) is 0 Å². The summed E-state index contributed by atoms with van der Waals surface area (Å²) in [5.41, 5.74) is 2.31. The molecule has 112 valence electrons. The molecule has 2 heterocycles. The van der Waals surface area contributed by atoms with Gasteiger partial charge >= 0.3 is 0 Å². The number of rotatable bonds is 5. The lowest BCUT2D eigenvalue weighted by molar-refractivity contribution is 0.0813. The van der Waals surface area contributed by atoms with Gasteiger partial charge in [-0.05, 0) is 49.9 Å². The van der Waals surface area contributed by atoms with Gasteiger partial charge in [0.2, 0.25) is 0 Å². The van der Waals surface area contributed by atoms with E-state index in [1.165, 1.54) is 12.1 Å². The van der Waals surface area contributed by atoms with Gasteiger partial charge in [-0.2, -0.15) is 5.10 Å². The molecule has 1 fully saturated rings. The summed E-state index contributed by atoms with van der Waals surface area (Å²) in [6.07, 6.45) is 4.97. The maximum atomic E-state index is 13.0. The molecule has 0 spiro atoms. The average Bonchev–Trinajstić information content (AvgIpc) is 3.17. The van der Waals surface area contributed by atoms with Crippen molar-refractivity contribution in [2.75, 3.05) is 6.61 Å². The summed E-state index contributed by atoms with van der Waals surface area (Å²) in [7, 11) is 0. The fourth-order valence-corrected chi connectivity index (χ4v) is 2.77. The summed E-state index contributed by atoms with van der Waals surface area (Å²) in [6.45, 7) is 0.827. The third kappa shape index (κ3) is 3.31. The Balaban J connectivity index is 1.70. The van der Waals surface area contributed by atoms with E-state index in [0.29, 0.717) is 6.42 Å². The Morgan fingerprint density at radius 1 is 1.38 bits per heavy atom. The van der Waals surface area contributed by atoms with Gasteiger partial charge in [0, 0.05) is 17.7 Å². The minimum atomic E-state index is -0.590. The van der Waals surface area contributed by atoms with Crippen molar-refractivity contribution in [1.29, 1.82) is 0 Å². The lowest BCUT2D eigenvalue weighted by Crippen LogP contribution is -2.08. The Morgan fingerprint density at radius 2 is 2.19 bits per heavy atom. The Labute approximate surface area is 123 Å². The molecule has 0 radical (unpaired) electrons. The maximum Gasteiger partial charge on any atom is 0.123 e. The van der Waals surface area contributed by atoms with E-state index in [9.17, 15) is 9.50 Å². The molecule has 1 aromatic carbocycles. The van der Waals surface area contributed by atoms with Crippen LogP contribution in [0, 0.1) is 5.82 Å². The van der Waals surface area contributed by atoms with Crippen LogP contribution in [0.25, 0.3) is 11.3 Å². The van der Waals surface area contributed by atoms with E-state index in [0.717, 1.165) is 42.7 Å². The van der Waals surface area contributed by atoms with Crippen LogP contribution in [0.1, 0.15) is 37.4 Å². The fourth-order valence-electron chi connectivity index (χ4n) is 2.77. The van der Waals surface area contributed by atoms with Crippen molar-refractivity contribution in [2.24, 2.45) is 0 Å². The van der Waals surface area contributed by atoms with Crippen LogP contribution in [0.5, 0.6) is 0 Å². The van der Waals surface area contributed by atoms with Gasteiger partial charge < -0.3 is 9.84 Å². The number of hydrogen-bond donors (Lipinski definition) is 2. The molecule has 2 aromatic rings. The van der Waals surface area contributed by atoms with Crippen molar-refractivity contribution >= 4 is 0 Å². The van der Waals surface area contributed by atoms with E-state index in [1.807, 2.05) is 0 Å². The lowest BCUT2D eigenvalue weighted by Gasteiger charge is -2.14. The number of nitrogens with one attached hydrogen (secondary N) is 1. The van der Waals surface area contributed by atoms with Gasteiger partial charge in [0.1, 0.15) is 5.82 Å². The summed E-state index contributed by atoms with van der Waals surface area (Å²) in [5, 5.41) is 17.3. The van der Waals surface area contributed by atoms with Crippen molar-refractivity contribution < 1.29 is 14.2 Å². The van der Waals surface area contributed by atoms with Crippen LogP contribution < -0.4 is 0 Å². The number of H-pyrrole nitrogens is 1. The molecule has 0 aliphatic carbocycles. The second-order valence-electron chi connectivity index (χ2n) is 5.44. The first-order valence-electron chi connectivity index (χ1n) is 7.33. The first kappa shape index (κ1) is 14.2. The zero-order valence-electron chi connectivity index (χ0n) is 11.8. The minimum absolute atomic E-state index is 0.265. The van der Waals surface area contributed by atoms with Crippen molar-refractivity contribution in [2.45, 2.75) is 37.9 Å². The highest BCUT2D eigenvalue weighted by molar-refractivity contribution is 5.62. The van der Waals surface area contributed by atoms with Crippen LogP contribution in [-0.4, -0.2) is 28.0 Å². The molecule has 1 saturated heterocycles. The van der Waals surface area contributed by atoms with Gasteiger partial charge in [-0.1, -0.05) is 0 Å². The van der Waals surface area contributed by atoms with E-state index in [1.54, 1.807) is 18.3 Å². The van der Waals surface area contributed by atoms with Crippen molar-refractivity contribution in [3.8, 4) is 11.3 Å². The average molecular weight is 290 g/mol. The zero-order chi connectivity index (χ0) is 14.7. The second-order valence-corrected chi connectivity index (χ2v) is 5.44. The molecular formula is C16H19FN2O2. The Bertz CT molecular complexity index is 576. The van der Waals surface area contributed by atoms with E-state index in [4.69, 9.17) is 4.74 Å². The summed E-state index contributed by atoms with van der Waals surface area (Å²) in [4.78, 5) is 0. The minimum Gasteiger partial charge on any atom is -0.388 e. The van der Waals surface area contributed by atoms with E-state index < -0.39 is 6.10 Å². The van der Waals surface area contributed by atoms with Crippen LogP contribution in [0.4, 0.5) is 4.39 Å². The first-order chi connectivity index (χ1) is 10.2. The first-order valence-corrected chi connectivity index (χ1v) is 7.33. The number of aromatic nitrogens is 2.